The summed E-state index contributed by atoms with van der Waals surface area (Å²) in [7, 11) is 0. The van der Waals surface area contributed by atoms with E-state index < -0.39 is 54.3 Å². The zero-order valence-electron chi connectivity index (χ0n) is 25.9. The third kappa shape index (κ3) is 14.9. The van der Waals surface area contributed by atoms with Crippen molar-refractivity contribution in [2.45, 2.75) is 75.9 Å². The van der Waals surface area contributed by atoms with E-state index in [1.807, 2.05) is 0 Å². The van der Waals surface area contributed by atoms with Crippen molar-refractivity contribution in [2.24, 2.45) is 11.5 Å². The fourth-order valence-corrected chi connectivity index (χ4v) is 4.52. The molecule has 14 nitrogen and oxygen atoms in total. The molecule has 0 aliphatic heterocycles. The highest BCUT2D eigenvalue weighted by Gasteiger charge is 2.28. The highest BCUT2D eigenvalue weighted by atomic mass is 16.4. The maximum Gasteiger partial charge on any atom is 0.303 e. The number of hydrogen-bond acceptors (Lipinski definition) is 9. The Balaban J connectivity index is 2.13. The molecule has 2 aromatic rings. The smallest absolute Gasteiger partial charge is 0.303 e. The summed E-state index contributed by atoms with van der Waals surface area (Å²) in [6.45, 7) is 0.317. The number of amides is 4. The quantitative estimate of drug-likeness (QED) is 0.0836. The molecule has 0 saturated heterocycles. The van der Waals surface area contributed by atoms with E-state index in [-0.39, 0.29) is 37.3 Å². The van der Waals surface area contributed by atoms with Crippen LogP contribution in [0.1, 0.15) is 56.1 Å². The van der Waals surface area contributed by atoms with E-state index in [1.54, 1.807) is 24.3 Å². The molecule has 4 amide bonds. The van der Waals surface area contributed by atoms with Crippen LogP contribution in [0.2, 0.25) is 0 Å². The number of nitrogens with one attached hydrogen (secondary N) is 4. The van der Waals surface area contributed by atoms with Gasteiger partial charge in [0.1, 0.15) is 23.6 Å². The zero-order valence-corrected chi connectivity index (χ0v) is 25.9. The summed E-state index contributed by atoms with van der Waals surface area (Å²) < 4.78 is 0. The van der Waals surface area contributed by atoms with Gasteiger partial charge < -0.3 is 48.1 Å². The largest absolute Gasteiger partial charge is 0.508 e. The van der Waals surface area contributed by atoms with E-state index in [0.29, 0.717) is 56.2 Å². The molecule has 1 unspecified atom stereocenters. The first-order valence-electron chi connectivity index (χ1n) is 15.4. The molecule has 0 aromatic heterocycles. The number of carboxylic acids is 1. The minimum Gasteiger partial charge on any atom is -0.508 e. The minimum absolute atomic E-state index is 0.0154. The van der Waals surface area contributed by atoms with E-state index in [4.69, 9.17) is 16.6 Å². The molecule has 252 valence electrons. The van der Waals surface area contributed by atoms with Crippen molar-refractivity contribution in [2.75, 3.05) is 19.6 Å². The maximum absolute atomic E-state index is 13.6. The van der Waals surface area contributed by atoms with E-state index in [9.17, 15) is 34.2 Å². The van der Waals surface area contributed by atoms with E-state index in [1.165, 1.54) is 24.3 Å². The Kier molecular flexibility index (Phi) is 16.6. The lowest BCUT2D eigenvalue weighted by atomic mass is 10.0. The van der Waals surface area contributed by atoms with Gasteiger partial charge in [-0.05, 0) is 67.6 Å². The number of rotatable bonds is 21. The van der Waals surface area contributed by atoms with E-state index in [2.05, 4.69) is 21.3 Å². The second-order valence-electron chi connectivity index (χ2n) is 11.0. The minimum atomic E-state index is -1.15. The number of carboxylic acid groups (broad SMARTS) is 1. The van der Waals surface area contributed by atoms with Gasteiger partial charge in [-0.3, -0.25) is 24.0 Å². The molecule has 0 spiro atoms. The Morgan fingerprint density at radius 2 is 1.24 bits per heavy atom. The summed E-state index contributed by atoms with van der Waals surface area (Å²) in [6, 6.07) is 9.20. The normalized spacial score (nSPS) is 12.7. The first-order chi connectivity index (χ1) is 22.0. The summed E-state index contributed by atoms with van der Waals surface area (Å²) >= 11 is 0. The van der Waals surface area contributed by atoms with Gasteiger partial charge in [0.2, 0.25) is 23.6 Å². The monoisotopic (exact) mass is 642 g/mol. The molecule has 46 heavy (non-hydrogen) atoms. The molecular formula is C32H46N6O8. The Hall–Kier alpha value is -4.69. The number of unbranched alkanes of at least 4 members (excludes halogenated alkanes) is 3. The third-order valence-electron chi connectivity index (χ3n) is 7.13. The number of hydrogen-bond donors (Lipinski definition) is 9. The number of carbonyl (C=O) groups excluding carboxylic acids is 4. The van der Waals surface area contributed by atoms with Crippen molar-refractivity contribution in [1.29, 1.82) is 0 Å². The number of phenols is 2. The predicted octanol–water partition coefficient (Wildman–Crippen LogP) is 0.186. The number of carbonyl (C=O) groups is 5. The summed E-state index contributed by atoms with van der Waals surface area (Å²) in [5, 5.41) is 38.7. The SMILES string of the molecule is NCCCCC(N)C(=O)NCC(=O)N[C@@H](Cc1ccc(O)cc1)C(=O)N[C@@H](Cc1ccc(O)cc1)C(=O)NCCCCCC(=O)O. The summed E-state index contributed by atoms with van der Waals surface area (Å²) in [5.41, 5.74) is 12.6. The first-order valence-corrected chi connectivity index (χ1v) is 15.4. The molecule has 14 heteroatoms. The van der Waals surface area contributed by atoms with Gasteiger partial charge in [0, 0.05) is 25.8 Å². The fourth-order valence-electron chi connectivity index (χ4n) is 4.52. The summed E-state index contributed by atoms with van der Waals surface area (Å²) in [4.78, 5) is 62.8. The molecule has 0 radical (unpaired) electrons. The lowest BCUT2D eigenvalue weighted by Crippen LogP contribution is -2.56. The van der Waals surface area contributed by atoms with E-state index in [0.717, 1.165) is 0 Å². The van der Waals surface area contributed by atoms with Crippen molar-refractivity contribution in [3.05, 3.63) is 59.7 Å². The lowest BCUT2D eigenvalue weighted by molar-refractivity contribution is -0.137. The second-order valence-corrected chi connectivity index (χ2v) is 11.0. The van der Waals surface area contributed by atoms with Gasteiger partial charge in [-0.25, -0.2) is 0 Å². The number of aliphatic carboxylic acids is 1. The van der Waals surface area contributed by atoms with Crippen LogP contribution in [0.5, 0.6) is 11.5 Å². The molecule has 0 bridgehead atoms. The molecule has 2 aromatic carbocycles. The van der Waals surface area contributed by atoms with Gasteiger partial charge >= 0.3 is 5.97 Å². The number of aromatic hydroxyl groups is 2. The van der Waals surface area contributed by atoms with Crippen LogP contribution < -0.4 is 32.7 Å². The predicted molar refractivity (Wildman–Crippen MR) is 170 cm³/mol. The molecule has 0 saturated carbocycles. The third-order valence-corrected chi connectivity index (χ3v) is 7.13. The molecule has 0 aliphatic rings. The van der Waals surface area contributed by atoms with Crippen LogP contribution in [-0.4, -0.2) is 82.7 Å². The van der Waals surface area contributed by atoms with Crippen LogP contribution in [0.4, 0.5) is 0 Å². The van der Waals surface area contributed by atoms with Gasteiger partial charge in [0.25, 0.3) is 0 Å². The van der Waals surface area contributed by atoms with Crippen molar-refractivity contribution in [3.8, 4) is 11.5 Å². The summed E-state index contributed by atoms with van der Waals surface area (Å²) in [5.74, 6) is -3.14. The van der Waals surface area contributed by atoms with Crippen LogP contribution in [0.15, 0.2) is 48.5 Å². The van der Waals surface area contributed by atoms with Crippen LogP contribution in [0.25, 0.3) is 0 Å². The van der Waals surface area contributed by atoms with Crippen LogP contribution >= 0.6 is 0 Å². The zero-order chi connectivity index (χ0) is 33.9. The van der Waals surface area contributed by atoms with Crippen LogP contribution in [-0.2, 0) is 36.8 Å². The first kappa shape index (κ1) is 37.5. The van der Waals surface area contributed by atoms with Crippen LogP contribution in [0, 0.1) is 0 Å². The molecule has 0 aliphatic carbocycles. The van der Waals surface area contributed by atoms with Crippen molar-refractivity contribution < 1.29 is 39.3 Å². The highest BCUT2D eigenvalue weighted by Crippen LogP contribution is 2.14. The Labute approximate surface area is 268 Å². The number of phenolic OH excluding ortho intramolecular Hbond substituents is 2. The molecule has 11 N–H and O–H groups in total. The van der Waals surface area contributed by atoms with Crippen molar-refractivity contribution in [3.63, 3.8) is 0 Å². The molecule has 3 atom stereocenters. The topological polar surface area (TPSA) is 246 Å². The van der Waals surface area contributed by atoms with E-state index >= 15 is 0 Å². The Morgan fingerprint density at radius 1 is 0.674 bits per heavy atom. The van der Waals surface area contributed by atoms with Gasteiger partial charge in [-0.1, -0.05) is 37.1 Å². The van der Waals surface area contributed by atoms with Gasteiger partial charge in [-0.15, -0.1) is 0 Å². The van der Waals surface area contributed by atoms with Crippen molar-refractivity contribution in [1.82, 2.24) is 21.3 Å². The Morgan fingerprint density at radius 3 is 1.78 bits per heavy atom. The van der Waals surface area contributed by atoms with Gasteiger partial charge in [0.15, 0.2) is 0 Å². The number of nitrogens with two attached hydrogens (primary N) is 2. The lowest BCUT2D eigenvalue weighted by Gasteiger charge is -2.24. The Bertz CT molecular complexity index is 1270. The standard InChI is InChI=1S/C32H46N6O8/c33-16-4-3-6-25(34)30(44)36-20-28(41)37-27(19-22-10-14-24(40)15-11-22)32(46)38-26(18-21-8-12-23(39)13-9-21)31(45)35-17-5-1-2-7-29(42)43/h8-15,25-27,39-40H,1-7,16-20,33-34H2,(H,35,45)(H,36,44)(H,37,41)(H,38,46)(H,42,43)/t25?,26-,27-/m0/s1. The van der Waals surface area contributed by atoms with Crippen LogP contribution in [0.3, 0.4) is 0 Å². The average Bonchev–Trinajstić information content (AvgIpc) is 3.02. The highest BCUT2D eigenvalue weighted by molar-refractivity contribution is 5.93. The summed E-state index contributed by atoms with van der Waals surface area (Å²) in [6.07, 6.45) is 3.52. The van der Waals surface area contributed by atoms with Gasteiger partial charge in [-0.2, -0.15) is 0 Å². The maximum atomic E-state index is 13.6. The second kappa shape index (κ2) is 20.4. The number of benzene rings is 2. The average molecular weight is 643 g/mol. The molecule has 2 rings (SSSR count). The molecule has 0 fully saturated rings. The van der Waals surface area contributed by atoms with Crippen molar-refractivity contribution >= 4 is 29.6 Å². The fraction of sp³-hybridized carbons (Fsp3) is 0.469. The van der Waals surface area contributed by atoms with Gasteiger partial charge in [0.05, 0.1) is 12.6 Å². The molecule has 0 heterocycles. The molecular weight excluding hydrogens is 596 g/mol.